The maximum Gasteiger partial charge on any atom is 0.273 e. The molecule has 0 atom stereocenters. The Bertz CT molecular complexity index is 623. The van der Waals surface area contributed by atoms with Gasteiger partial charge in [0, 0.05) is 63.0 Å². The highest BCUT2D eigenvalue weighted by Gasteiger charge is 2.12. The molecule has 20 heavy (non-hydrogen) atoms. The van der Waals surface area contributed by atoms with E-state index in [1.54, 1.807) is 24.0 Å². The maximum absolute atomic E-state index is 11.0. The molecule has 1 heterocycles. The van der Waals surface area contributed by atoms with Crippen molar-refractivity contribution in [2.45, 2.75) is 6.54 Å². The standard InChI is InChI=1S/C13H17N5O2/c1-14-11-4-12(6-13(5-11)18(19)20)16(2)8-10-7-15-17(3)9-10/h4-7,9,14H,8H2,1-3H3. The van der Waals surface area contributed by atoms with Crippen molar-refractivity contribution < 1.29 is 4.92 Å². The quantitative estimate of drug-likeness (QED) is 0.667. The van der Waals surface area contributed by atoms with Crippen molar-refractivity contribution in [3.63, 3.8) is 0 Å². The number of nitrogens with zero attached hydrogens (tertiary/aromatic N) is 4. The Morgan fingerprint density at radius 3 is 2.75 bits per heavy atom. The third-order valence-corrected chi connectivity index (χ3v) is 3.02. The second-order valence-electron chi connectivity index (χ2n) is 4.62. The third kappa shape index (κ3) is 3.05. The van der Waals surface area contributed by atoms with Gasteiger partial charge in [0.25, 0.3) is 5.69 Å². The van der Waals surface area contributed by atoms with Crippen LogP contribution in [0.2, 0.25) is 0 Å². The molecule has 0 fully saturated rings. The van der Waals surface area contributed by atoms with Crippen molar-refractivity contribution in [2.75, 3.05) is 24.3 Å². The minimum atomic E-state index is -0.387. The summed E-state index contributed by atoms with van der Waals surface area (Å²) in [5.41, 5.74) is 2.62. The fourth-order valence-electron chi connectivity index (χ4n) is 1.98. The smallest absolute Gasteiger partial charge is 0.273 e. The lowest BCUT2D eigenvalue weighted by Gasteiger charge is -2.19. The number of hydrogen-bond donors (Lipinski definition) is 1. The van der Waals surface area contributed by atoms with Gasteiger partial charge in [0.15, 0.2) is 0 Å². The number of rotatable bonds is 5. The summed E-state index contributed by atoms with van der Waals surface area (Å²) in [7, 11) is 5.49. The van der Waals surface area contributed by atoms with E-state index >= 15 is 0 Å². The average Bonchev–Trinajstić information content (AvgIpc) is 2.83. The zero-order valence-corrected chi connectivity index (χ0v) is 11.7. The first-order valence-electron chi connectivity index (χ1n) is 6.15. The van der Waals surface area contributed by atoms with Crippen LogP contribution < -0.4 is 10.2 Å². The van der Waals surface area contributed by atoms with Crippen LogP contribution in [0.15, 0.2) is 30.6 Å². The van der Waals surface area contributed by atoms with Crippen molar-refractivity contribution >= 4 is 17.1 Å². The fourth-order valence-corrected chi connectivity index (χ4v) is 1.98. The molecule has 1 N–H and O–H groups in total. The zero-order chi connectivity index (χ0) is 14.7. The lowest BCUT2D eigenvalue weighted by atomic mass is 10.2. The number of hydrogen-bond acceptors (Lipinski definition) is 5. The van der Waals surface area contributed by atoms with Crippen LogP contribution in [0.5, 0.6) is 0 Å². The Hall–Kier alpha value is -2.57. The Morgan fingerprint density at radius 2 is 2.20 bits per heavy atom. The lowest BCUT2D eigenvalue weighted by molar-refractivity contribution is -0.384. The van der Waals surface area contributed by atoms with Gasteiger partial charge in [-0.1, -0.05) is 0 Å². The van der Waals surface area contributed by atoms with Gasteiger partial charge >= 0.3 is 0 Å². The molecule has 1 aromatic heterocycles. The van der Waals surface area contributed by atoms with E-state index in [2.05, 4.69) is 10.4 Å². The van der Waals surface area contributed by atoms with E-state index in [1.165, 1.54) is 6.07 Å². The van der Waals surface area contributed by atoms with E-state index < -0.39 is 0 Å². The first-order chi connectivity index (χ1) is 9.49. The summed E-state index contributed by atoms with van der Waals surface area (Å²) in [4.78, 5) is 12.5. The van der Waals surface area contributed by atoms with Crippen LogP contribution >= 0.6 is 0 Å². The minimum Gasteiger partial charge on any atom is -0.388 e. The van der Waals surface area contributed by atoms with E-state index in [0.717, 1.165) is 11.3 Å². The van der Waals surface area contributed by atoms with Gasteiger partial charge in [-0.25, -0.2) is 0 Å². The molecule has 7 heteroatoms. The molecule has 1 aromatic carbocycles. The number of benzene rings is 1. The molecule has 2 aromatic rings. The molecule has 0 saturated heterocycles. The highest BCUT2D eigenvalue weighted by Crippen LogP contribution is 2.27. The first kappa shape index (κ1) is 13.9. The van der Waals surface area contributed by atoms with Crippen LogP contribution in [0.1, 0.15) is 5.56 Å². The van der Waals surface area contributed by atoms with Crippen LogP contribution in [0, 0.1) is 10.1 Å². The summed E-state index contributed by atoms with van der Waals surface area (Å²) in [6, 6.07) is 4.96. The number of nitro groups is 1. The van der Waals surface area contributed by atoms with Gasteiger partial charge in [-0.15, -0.1) is 0 Å². The van der Waals surface area contributed by atoms with E-state index in [4.69, 9.17) is 0 Å². The number of aromatic nitrogens is 2. The second kappa shape index (κ2) is 5.60. The molecule has 106 valence electrons. The van der Waals surface area contributed by atoms with E-state index in [1.807, 2.05) is 31.3 Å². The molecular formula is C13H17N5O2. The van der Waals surface area contributed by atoms with Crippen molar-refractivity contribution in [3.8, 4) is 0 Å². The van der Waals surface area contributed by atoms with Gasteiger partial charge in [-0.05, 0) is 6.07 Å². The van der Waals surface area contributed by atoms with Crippen LogP contribution in [-0.2, 0) is 13.6 Å². The predicted molar refractivity (Wildman–Crippen MR) is 78.0 cm³/mol. The average molecular weight is 275 g/mol. The summed E-state index contributed by atoms with van der Waals surface area (Å²) >= 11 is 0. The van der Waals surface area contributed by atoms with Gasteiger partial charge in [0.05, 0.1) is 11.1 Å². The summed E-state index contributed by atoms with van der Waals surface area (Å²) in [5.74, 6) is 0. The molecule has 0 unspecified atom stereocenters. The predicted octanol–water partition coefficient (Wildman–Crippen LogP) is 2.01. The van der Waals surface area contributed by atoms with Gasteiger partial charge in [-0.3, -0.25) is 14.8 Å². The van der Waals surface area contributed by atoms with Crippen LogP contribution in [-0.4, -0.2) is 28.8 Å². The normalized spacial score (nSPS) is 10.3. The monoisotopic (exact) mass is 275 g/mol. The number of nitrogens with one attached hydrogen (secondary N) is 1. The molecule has 0 aliphatic rings. The van der Waals surface area contributed by atoms with Crippen molar-refractivity contribution in [1.82, 2.24) is 9.78 Å². The first-order valence-corrected chi connectivity index (χ1v) is 6.15. The number of non-ortho nitro benzene ring substituents is 1. The molecule has 0 spiro atoms. The molecule has 0 amide bonds. The number of aryl methyl sites for hydroxylation is 1. The Kier molecular flexibility index (Phi) is 3.88. The van der Waals surface area contributed by atoms with E-state index in [-0.39, 0.29) is 10.6 Å². The summed E-state index contributed by atoms with van der Waals surface area (Å²) in [5, 5.41) is 18.0. The van der Waals surface area contributed by atoms with Gasteiger partial charge in [0.1, 0.15) is 0 Å². The van der Waals surface area contributed by atoms with Crippen LogP contribution in [0.4, 0.5) is 17.1 Å². The lowest BCUT2D eigenvalue weighted by Crippen LogP contribution is -2.16. The number of nitro benzene ring substituents is 1. The van der Waals surface area contributed by atoms with Crippen molar-refractivity contribution in [3.05, 3.63) is 46.3 Å². The van der Waals surface area contributed by atoms with E-state index in [9.17, 15) is 10.1 Å². The third-order valence-electron chi connectivity index (χ3n) is 3.02. The molecule has 0 saturated carbocycles. The molecule has 0 aliphatic carbocycles. The van der Waals surface area contributed by atoms with Gasteiger partial charge < -0.3 is 10.2 Å². The van der Waals surface area contributed by atoms with Crippen molar-refractivity contribution in [2.24, 2.45) is 7.05 Å². The van der Waals surface area contributed by atoms with Gasteiger partial charge in [0.2, 0.25) is 0 Å². The molecule has 0 radical (unpaired) electrons. The highest BCUT2D eigenvalue weighted by molar-refractivity contribution is 5.64. The molecule has 7 nitrogen and oxygen atoms in total. The van der Waals surface area contributed by atoms with Crippen LogP contribution in [0.3, 0.4) is 0 Å². The summed E-state index contributed by atoms with van der Waals surface area (Å²) in [6.07, 6.45) is 3.71. The minimum absolute atomic E-state index is 0.0740. The molecular weight excluding hydrogens is 258 g/mol. The second-order valence-corrected chi connectivity index (χ2v) is 4.62. The van der Waals surface area contributed by atoms with E-state index in [0.29, 0.717) is 12.2 Å². The highest BCUT2D eigenvalue weighted by atomic mass is 16.6. The number of anilines is 2. The van der Waals surface area contributed by atoms with Crippen LogP contribution in [0.25, 0.3) is 0 Å². The molecule has 2 rings (SSSR count). The maximum atomic E-state index is 11.0. The van der Waals surface area contributed by atoms with Crippen molar-refractivity contribution in [1.29, 1.82) is 0 Å². The summed E-state index contributed by atoms with van der Waals surface area (Å²) in [6.45, 7) is 0.637. The molecule has 0 bridgehead atoms. The van der Waals surface area contributed by atoms with Gasteiger partial charge in [-0.2, -0.15) is 5.10 Å². The molecule has 0 aliphatic heterocycles. The largest absolute Gasteiger partial charge is 0.388 e. The Morgan fingerprint density at radius 1 is 1.45 bits per heavy atom. The Labute approximate surface area is 117 Å². The summed E-state index contributed by atoms with van der Waals surface area (Å²) < 4.78 is 1.73. The Balaban J connectivity index is 2.26. The SMILES string of the molecule is CNc1cc(N(C)Cc2cnn(C)c2)cc([N+](=O)[O-])c1. The topological polar surface area (TPSA) is 76.2 Å². The fraction of sp³-hybridized carbons (Fsp3) is 0.308. The zero-order valence-electron chi connectivity index (χ0n) is 11.7.